The molecule has 0 saturated heterocycles. The minimum absolute atomic E-state index is 0.357. The largest absolute Gasteiger partial charge is 0.453 e. The Morgan fingerprint density at radius 2 is 0.693 bits per heavy atom. The highest BCUT2D eigenvalue weighted by Gasteiger charge is 2.32. The lowest BCUT2D eigenvalue weighted by Gasteiger charge is -2.32. The van der Waals surface area contributed by atoms with Crippen LogP contribution in [0.3, 0.4) is 0 Å². The van der Waals surface area contributed by atoms with Crippen molar-refractivity contribution in [3.05, 3.63) is 240 Å². The molecule has 16 rings (SSSR count). The van der Waals surface area contributed by atoms with E-state index in [0.29, 0.717) is 23.7 Å². The van der Waals surface area contributed by atoms with Crippen molar-refractivity contribution in [2.75, 3.05) is 9.80 Å². The summed E-state index contributed by atoms with van der Waals surface area (Å²) in [6, 6.07) is 78.7. The normalized spacial score (nSPS) is 14.3. The van der Waals surface area contributed by atoms with Gasteiger partial charge in [-0.25, -0.2) is 0 Å². The van der Waals surface area contributed by atoms with Gasteiger partial charge in [-0.2, -0.15) is 0 Å². The minimum atomic E-state index is 0.357. The average molecular weight is 1150 g/mol. The smallest absolute Gasteiger partial charge is 0.159 e. The number of para-hydroxylation sites is 4. The maximum Gasteiger partial charge on any atom is 0.159 e. The van der Waals surface area contributed by atoms with Crippen molar-refractivity contribution in [1.29, 1.82) is 0 Å². The van der Waals surface area contributed by atoms with Crippen LogP contribution in [-0.4, -0.2) is 0 Å². The van der Waals surface area contributed by atoms with Crippen LogP contribution >= 0.6 is 0 Å². The molecule has 0 atom stereocenters. The molecule has 2 aliphatic carbocycles. The van der Waals surface area contributed by atoms with Gasteiger partial charge in [-0.15, -0.1) is 0 Å². The van der Waals surface area contributed by atoms with E-state index in [1.165, 1.54) is 140 Å². The van der Waals surface area contributed by atoms with Gasteiger partial charge in [0.1, 0.15) is 11.2 Å². The summed E-state index contributed by atoms with van der Waals surface area (Å²) in [6.07, 6.45) is 11.6. The minimum Gasteiger partial charge on any atom is -0.453 e. The first-order chi connectivity index (χ1) is 43.2. The lowest BCUT2D eigenvalue weighted by Crippen LogP contribution is -2.13. The van der Waals surface area contributed by atoms with E-state index in [9.17, 15) is 0 Å². The van der Waals surface area contributed by atoms with Crippen LogP contribution in [-0.2, 0) is 12.8 Å². The fourth-order valence-corrected chi connectivity index (χ4v) is 16.0. The van der Waals surface area contributed by atoms with Gasteiger partial charge >= 0.3 is 0 Å². The molecule has 2 aromatic heterocycles. The third kappa shape index (κ3) is 8.75. The summed E-state index contributed by atoms with van der Waals surface area (Å²) in [6.45, 7) is 13.7. The van der Waals surface area contributed by atoms with Gasteiger partial charge in [-0.1, -0.05) is 225 Å². The Morgan fingerprint density at radius 3 is 1.08 bits per heavy atom. The van der Waals surface area contributed by atoms with E-state index in [2.05, 4.69) is 258 Å². The third-order valence-electron chi connectivity index (χ3n) is 20.4. The molecule has 12 aromatic carbocycles. The van der Waals surface area contributed by atoms with E-state index in [4.69, 9.17) is 8.83 Å². The number of anilines is 6. The van der Waals surface area contributed by atoms with Gasteiger partial charge in [0.15, 0.2) is 11.2 Å². The molecule has 0 bridgehead atoms. The summed E-state index contributed by atoms with van der Waals surface area (Å²) in [4.78, 5) is 5.12. The highest BCUT2D eigenvalue weighted by Crippen LogP contribution is 2.56. The molecule has 2 saturated carbocycles. The van der Waals surface area contributed by atoms with Gasteiger partial charge < -0.3 is 18.6 Å². The summed E-state index contributed by atoms with van der Waals surface area (Å²) in [5, 5.41) is 12.5. The molecule has 4 heteroatoms. The second-order valence-corrected chi connectivity index (χ2v) is 26.1. The summed E-state index contributed by atoms with van der Waals surface area (Å²) >= 11 is 0. The molecule has 14 aromatic rings. The number of aryl methyl sites for hydroxylation is 2. The Labute approximate surface area is 517 Å². The van der Waals surface area contributed by atoms with Gasteiger partial charge in [-0.05, 0) is 177 Å². The van der Waals surface area contributed by atoms with Crippen LogP contribution < -0.4 is 9.80 Å². The van der Waals surface area contributed by atoms with E-state index < -0.39 is 0 Å². The monoisotopic (exact) mass is 1140 g/mol. The number of hydrogen-bond donors (Lipinski definition) is 0. The standard InChI is InChI=1S/C84H76N2O2/c1-7-53-37-41-57(42-38-53)85(75-35-19-33-69-67-31-17-29-65(81(67)87-83(69)75)61-27-15-13-25-59(61)51(3)4)77-49-73(55-21-9-10-22-55)63-46-48-72-78(50-74(56-23-11-12-24-56)64-45-47-71(77)79(63)80(64)72)86(58-43-39-54(8-2)40-44-58)76-36-20-34-70-68-32-18-30-66(82(68)88-84(70)76)62-28-16-14-26-60(62)52(5)6/h13-20,25-52,55-56H,7-12,21-24H2,1-6H3. The quantitative estimate of drug-likeness (QED) is 0.102. The van der Waals surface area contributed by atoms with Crippen LogP contribution in [0.4, 0.5) is 34.1 Å². The van der Waals surface area contributed by atoms with Gasteiger partial charge in [0, 0.05) is 54.8 Å². The molecule has 0 N–H and O–H groups in total. The summed E-state index contributed by atoms with van der Waals surface area (Å²) in [5.74, 6) is 1.58. The van der Waals surface area contributed by atoms with Crippen molar-refractivity contribution in [1.82, 2.24) is 0 Å². The Hall–Kier alpha value is -9.12. The number of rotatable bonds is 14. The third-order valence-corrected chi connectivity index (χ3v) is 20.4. The number of fused-ring (bicyclic) bond motifs is 6. The molecule has 2 aliphatic rings. The van der Waals surface area contributed by atoms with Crippen molar-refractivity contribution < 1.29 is 8.83 Å². The molecule has 434 valence electrons. The summed E-state index contributed by atoms with van der Waals surface area (Å²) in [5.41, 5.74) is 23.2. The van der Waals surface area contributed by atoms with Gasteiger partial charge in [-0.3, -0.25) is 0 Å². The first-order valence-corrected chi connectivity index (χ1v) is 32.9. The van der Waals surface area contributed by atoms with E-state index in [1.54, 1.807) is 0 Å². The SMILES string of the molecule is CCc1ccc(N(c2cc(C3CCCC3)c3ccc4c(N(c5ccc(CC)cc5)c5cccc6c5oc5c(-c7ccccc7C(C)C)cccc56)cc(C5CCCC5)c5ccc2c3c54)c2cccc3c2oc2c(-c4ccccc4C(C)C)cccc23)cc1. The van der Waals surface area contributed by atoms with Crippen molar-refractivity contribution in [2.24, 2.45) is 0 Å². The topological polar surface area (TPSA) is 32.8 Å². The molecular formula is C84H76N2O2. The maximum absolute atomic E-state index is 7.48. The molecule has 0 radical (unpaired) electrons. The predicted molar refractivity (Wildman–Crippen MR) is 374 cm³/mol. The molecular weight excluding hydrogens is 1070 g/mol. The summed E-state index contributed by atoms with van der Waals surface area (Å²) < 4.78 is 15.0. The van der Waals surface area contributed by atoms with Crippen molar-refractivity contribution >= 4 is 110 Å². The van der Waals surface area contributed by atoms with Crippen LogP contribution in [0.1, 0.15) is 150 Å². The Balaban J connectivity index is 0.992. The van der Waals surface area contributed by atoms with Crippen LogP contribution in [0, 0.1) is 0 Å². The molecule has 0 unspecified atom stereocenters. The summed E-state index contributed by atoms with van der Waals surface area (Å²) in [7, 11) is 0. The van der Waals surface area contributed by atoms with Crippen molar-refractivity contribution in [2.45, 2.75) is 129 Å². The molecule has 4 nitrogen and oxygen atoms in total. The Kier molecular flexibility index (Phi) is 13.5. The average Bonchev–Trinajstić information content (AvgIpc) is 0.959. The zero-order chi connectivity index (χ0) is 59.3. The highest BCUT2D eigenvalue weighted by molar-refractivity contribution is 6.30. The molecule has 2 heterocycles. The molecule has 0 aliphatic heterocycles. The Morgan fingerprint density at radius 1 is 0.341 bits per heavy atom. The lowest BCUT2D eigenvalue weighted by molar-refractivity contribution is 0.669. The molecule has 0 amide bonds. The zero-order valence-electron chi connectivity index (χ0n) is 51.7. The number of hydrogen-bond acceptors (Lipinski definition) is 4. The molecule has 2 fully saturated rings. The van der Waals surface area contributed by atoms with Crippen LogP contribution in [0.15, 0.2) is 215 Å². The maximum atomic E-state index is 7.48. The zero-order valence-corrected chi connectivity index (χ0v) is 51.7. The number of furan rings is 2. The van der Waals surface area contributed by atoms with E-state index >= 15 is 0 Å². The van der Waals surface area contributed by atoms with Crippen LogP contribution in [0.2, 0.25) is 0 Å². The number of nitrogens with zero attached hydrogens (tertiary/aromatic N) is 2. The van der Waals surface area contributed by atoms with Crippen molar-refractivity contribution in [3.63, 3.8) is 0 Å². The van der Waals surface area contributed by atoms with Crippen LogP contribution in [0.5, 0.6) is 0 Å². The van der Waals surface area contributed by atoms with Gasteiger partial charge in [0.25, 0.3) is 0 Å². The number of benzene rings is 12. The fraction of sp³-hybridized carbons (Fsp3) is 0.238. The van der Waals surface area contributed by atoms with E-state index in [1.807, 2.05) is 0 Å². The Bertz CT molecular complexity index is 4650. The predicted octanol–water partition coefficient (Wildman–Crippen LogP) is 25.3. The second-order valence-electron chi connectivity index (χ2n) is 26.1. The highest BCUT2D eigenvalue weighted by atomic mass is 16.3. The fourth-order valence-electron chi connectivity index (χ4n) is 16.0. The van der Waals surface area contributed by atoms with E-state index in [0.717, 1.165) is 90.6 Å². The lowest BCUT2D eigenvalue weighted by atomic mass is 9.82. The molecule has 88 heavy (non-hydrogen) atoms. The van der Waals surface area contributed by atoms with Gasteiger partial charge in [0.2, 0.25) is 0 Å². The first-order valence-electron chi connectivity index (χ1n) is 32.9. The van der Waals surface area contributed by atoms with Crippen LogP contribution in [0.25, 0.3) is 98.4 Å². The van der Waals surface area contributed by atoms with Crippen molar-refractivity contribution in [3.8, 4) is 22.3 Å². The molecule has 0 spiro atoms. The second kappa shape index (κ2) is 21.9. The first kappa shape index (κ1) is 54.3. The van der Waals surface area contributed by atoms with E-state index in [-0.39, 0.29) is 0 Å². The van der Waals surface area contributed by atoms with Gasteiger partial charge in [0.05, 0.1) is 22.7 Å².